The lowest BCUT2D eigenvalue weighted by atomic mass is 9.67. The van der Waals surface area contributed by atoms with Crippen LogP contribution in [0.3, 0.4) is 0 Å². The van der Waals surface area contributed by atoms with Crippen molar-refractivity contribution in [3.05, 3.63) is 0 Å². The highest BCUT2D eigenvalue weighted by molar-refractivity contribution is 5.13. The molecule has 2 saturated carbocycles. The maximum absolute atomic E-state index is 3.89. The molecule has 0 amide bonds. The van der Waals surface area contributed by atoms with Crippen molar-refractivity contribution in [2.24, 2.45) is 16.7 Å². The lowest BCUT2D eigenvalue weighted by Gasteiger charge is -2.50. The van der Waals surface area contributed by atoms with Gasteiger partial charge in [0.15, 0.2) is 0 Å². The van der Waals surface area contributed by atoms with Crippen molar-refractivity contribution < 1.29 is 0 Å². The van der Waals surface area contributed by atoms with Gasteiger partial charge in [-0.25, -0.2) is 0 Å². The molecule has 3 rings (SSSR count). The van der Waals surface area contributed by atoms with Crippen LogP contribution in [0.5, 0.6) is 0 Å². The van der Waals surface area contributed by atoms with Crippen molar-refractivity contribution in [1.82, 2.24) is 10.2 Å². The molecule has 1 saturated heterocycles. The van der Waals surface area contributed by atoms with Gasteiger partial charge in [0.2, 0.25) is 0 Å². The van der Waals surface area contributed by atoms with Crippen LogP contribution < -0.4 is 5.32 Å². The Kier molecular flexibility index (Phi) is 3.94. The van der Waals surface area contributed by atoms with E-state index in [1.165, 1.54) is 58.2 Å². The van der Waals surface area contributed by atoms with Crippen LogP contribution in [-0.4, -0.2) is 36.1 Å². The number of hydrogen-bond donors (Lipinski definition) is 1. The minimum absolute atomic E-state index is 0.352. The summed E-state index contributed by atoms with van der Waals surface area (Å²) in [6, 6.07) is 0.793. The van der Waals surface area contributed by atoms with Crippen molar-refractivity contribution in [1.29, 1.82) is 0 Å². The Morgan fingerprint density at radius 1 is 1.14 bits per heavy atom. The fourth-order valence-corrected chi connectivity index (χ4v) is 6.29. The van der Waals surface area contributed by atoms with Crippen LogP contribution in [0.4, 0.5) is 0 Å². The van der Waals surface area contributed by atoms with E-state index in [2.05, 4.69) is 44.8 Å². The molecule has 0 aromatic heterocycles. The molecular weight excluding hydrogens is 256 g/mol. The number of rotatable bonds is 3. The lowest BCUT2D eigenvalue weighted by Crippen LogP contribution is -2.58. The molecule has 0 aromatic carbocycles. The molecule has 3 atom stereocenters. The molecule has 122 valence electrons. The lowest BCUT2D eigenvalue weighted by molar-refractivity contribution is -0.00674. The highest BCUT2D eigenvalue weighted by atomic mass is 15.2. The topological polar surface area (TPSA) is 15.3 Å². The number of nitrogens with zero attached hydrogens (tertiary/aromatic N) is 1. The first-order valence-electron chi connectivity index (χ1n) is 9.36. The minimum Gasteiger partial charge on any atom is -0.310 e. The second kappa shape index (κ2) is 5.23. The molecule has 0 aromatic rings. The Labute approximate surface area is 132 Å². The fourth-order valence-electron chi connectivity index (χ4n) is 6.29. The summed E-state index contributed by atoms with van der Waals surface area (Å²) in [4.78, 5) is 2.91. The van der Waals surface area contributed by atoms with Crippen molar-refractivity contribution in [3.63, 3.8) is 0 Å². The highest BCUT2D eigenvalue weighted by Crippen LogP contribution is 2.64. The average Bonchev–Trinajstić information content (AvgIpc) is 2.82. The van der Waals surface area contributed by atoms with E-state index in [0.29, 0.717) is 16.4 Å². The Bertz CT molecular complexity index is 380. The summed E-state index contributed by atoms with van der Waals surface area (Å²) < 4.78 is 0. The first-order chi connectivity index (χ1) is 9.87. The van der Waals surface area contributed by atoms with Crippen LogP contribution >= 0.6 is 0 Å². The third kappa shape index (κ3) is 2.37. The largest absolute Gasteiger partial charge is 0.310 e. The van der Waals surface area contributed by atoms with Crippen LogP contribution in [0.2, 0.25) is 0 Å². The number of nitrogens with one attached hydrogen (secondary N) is 1. The van der Waals surface area contributed by atoms with E-state index >= 15 is 0 Å². The first-order valence-corrected chi connectivity index (χ1v) is 9.36. The zero-order chi connectivity index (χ0) is 15.3. The summed E-state index contributed by atoms with van der Waals surface area (Å²) in [5, 5.41) is 3.89. The summed E-state index contributed by atoms with van der Waals surface area (Å²) >= 11 is 0. The Hall–Kier alpha value is -0.0800. The highest BCUT2D eigenvalue weighted by Gasteiger charge is 2.61. The van der Waals surface area contributed by atoms with Gasteiger partial charge in [-0.1, -0.05) is 34.6 Å². The van der Waals surface area contributed by atoms with E-state index in [1.807, 2.05) is 0 Å². The molecule has 2 bridgehead atoms. The summed E-state index contributed by atoms with van der Waals surface area (Å²) in [6.07, 6.45) is 8.23. The van der Waals surface area contributed by atoms with Gasteiger partial charge in [0.1, 0.15) is 0 Å². The average molecular weight is 293 g/mol. The molecule has 2 aliphatic carbocycles. The zero-order valence-corrected chi connectivity index (χ0v) is 15.0. The fraction of sp³-hybridized carbons (Fsp3) is 1.00. The molecule has 21 heavy (non-hydrogen) atoms. The van der Waals surface area contributed by atoms with Gasteiger partial charge in [-0.05, 0) is 68.4 Å². The van der Waals surface area contributed by atoms with Crippen molar-refractivity contribution in [2.75, 3.05) is 19.6 Å². The second-order valence-electron chi connectivity index (χ2n) is 9.06. The van der Waals surface area contributed by atoms with E-state index < -0.39 is 0 Å². The molecule has 3 unspecified atom stereocenters. The van der Waals surface area contributed by atoms with Crippen molar-refractivity contribution in [3.8, 4) is 0 Å². The Morgan fingerprint density at radius 3 is 2.43 bits per heavy atom. The van der Waals surface area contributed by atoms with E-state index in [9.17, 15) is 0 Å². The molecule has 3 aliphatic rings. The standard InChI is InChI=1S/C19H36N2/c1-6-19(7-2)14-21(12-8-11-20-19)16-17(3,4)15-9-10-18(16,5)13-15/h15-16,20H,6-14H2,1-5H3. The van der Waals surface area contributed by atoms with Gasteiger partial charge in [-0.3, -0.25) is 4.90 Å². The molecule has 2 heteroatoms. The van der Waals surface area contributed by atoms with E-state index in [4.69, 9.17) is 0 Å². The summed E-state index contributed by atoms with van der Waals surface area (Å²) in [7, 11) is 0. The SMILES string of the molecule is CCC1(CC)CN(C2C3(C)CCC(C3)C2(C)C)CCCN1. The molecule has 1 N–H and O–H groups in total. The van der Waals surface area contributed by atoms with Crippen LogP contribution in [0, 0.1) is 16.7 Å². The number of hydrogen-bond acceptors (Lipinski definition) is 2. The maximum Gasteiger partial charge on any atom is 0.0303 e. The van der Waals surface area contributed by atoms with Crippen LogP contribution in [0.1, 0.15) is 73.1 Å². The van der Waals surface area contributed by atoms with Crippen molar-refractivity contribution in [2.45, 2.75) is 84.7 Å². The third-order valence-electron chi connectivity index (χ3n) is 7.54. The van der Waals surface area contributed by atoms with Gasteiger partial charge in [-0.2, -0.15) is 0 Å². The van der Waals surface area contributed by atoms with Gasteiger partial charge in [0, 0.05) is 18.1 Å². The summed E-state index contributed by atoms with van der Waals surface area (Å²) in [5.41, 5.74) is 1.43. The van der Waals surface area contributed by atoms with Gasteiger partial charge in [0.25, 0.3) is 0 Å². The predicted molar refractivity (Wildman–Crippen MR) is 90.5 cm³/mol. The summed E-state index contributed by atoms with van der Waals surface area (Å²) in [6.45, 7) is 16.2. The smallest absolute Gasteiger partial charge is 0.0303 e. The van der Waals surface area contributed by atoms with Gasteiger partial charge >= 0.3 is 0 Å². The quantitative estimate of drug-likeness (QED) is 0.844. The maximum atomic E-state index is 3.89. The molecule has 3 fully saturated rings. The van der Waals surface area contributed by atoms with Crippen molar-refractivity contribution >= 4 is 0 Å². The van der Waals surface area contributed by atoms with Crippen LogP contribution in [-0.2, 0) is 0 Å². The van der Waals surface area contributed by atoms with Crippen LogP contribution in [0.25, 0.3) is 0 Å². The molecule has 0 radical (unpaired) electrons. The zero-order valence-electron chi connectivity index (χ0n) is 15.0. The van der Waals surface area contributed by atoms with E-state index in [1.54, 1.807) is 0 Å². The van der Waals surface area contributed by atoms with Crippen LogP contribution in [0.15, 0.2) is 0 Å². The molecule has 2 nitrogen and oxygen atoms in total. The van der Waals surface area contributed by atoms with Gasteiger partial charge in [-0.15, -0.1) is 0 Å². The monoisotopic (exact) mass is 292 g/mol. The van der Waals surface area contributed by atoms with E-state index in [0.717, 1.165) is 12.0 Å². The third-order valence-corrected chi connectivity index (χ3v) is 7.54. The number of fused-ring (bicyclic) bond motifs is 2. The molecular formula is C19H36N2. The second-order valence-corrected chi connectivity index (χ2v) is 9.06. The van der Waals surface area contributed by atoms with Gasteiger partial charge < -0.3 is 5.32 Å². The summed E-state index contributed by atoms with van der Waals surface area (Å²) in [5.74, 6) is 0.960. The predicted octanol–water partition coefficient (Wildman–Crippen LogP) is 4.06. The first kappa shape index (κ1) is 15.8. The molecule has 0 spiro atoms. The normalized spacial score (nSPS) is 42.1. The Balaban J connectivity index is 1.88. The minimum atomic E-state index is 0.352. The van der Waals surface area contributed by atoms with Gasteiger partial charge in [0.05, 0.1) is 0 Å². The Morgan fingerprint density at radius 2 is 1.86 bits per heavy atom. The van der Waals surface area contributed by atoms with E-state index in [-0.39, 0.29) is 0 Å². The molecule has 1 heterocycles. The molecule has 1 aliphatic heterocycles.